The maximum atomic E-state index is 12.6. The van der Waals surface area contributed by atoms with E-state index in [1.54, 1.807) is 0 Å². The maximum Gasteiger partial charge on any atom is 0.332 e. The first kappa shape index (κ1) is 18.3. The Hall–Kier alpha value is -2.09. The van der Waals surface area contributed by atoms with E-state index in [9.17, 15) is 18.0 Å². The third kappa shape index (κ3) is 3.31. The molecule has 1 atom stereocenters. The zero-order chi connectivity index (χ0) is 19.2. The molecule has 2 aliphatic carbocycles. The highest BCUT2D eigenvalue weighted by atomic mass is 32.2. The van der Waals surface area contributed by atoms with Crippen molar-refractivity contribution < 1.29 is 18.0 Å². The lowest BCUT2D eigenvalue weighted by Crippen LogP contribution is -2.42. The van der Waals surface area contributed by atoms with Crippen LogP contribution in [0, 0.1) is 0 Å². The van der Waals surface area contributed by atoms with E-state index < -0.39 is 21.3 Å². The van der Waals surface area contributed by atoms with Crippen molar-refractivity contribution >= 4 is 27.6 Å². The summed E-state index contributed by atoms with van der Waals surface area (Å²) in [6.07, 6.45) is 5.88. The quantitative estimate of drug-likeness (QED) is 0.817. The van der Waals surface area contributed by atoms with Crippen LogP contribution in [0.2, 0.25) is 0 Å². The van der Waals surface area contributed by atoms with Gasteiger partial charge in [-0.3, -0.25) is 4.79 Å². The Bertz CT molecular complexity index is 878. The number of fused-ring (bicyclic) bond motifs is 2. The van der Waals surface area contributed by atoms with Gasteiger partial charge < -0.3 is 10.2 Å². The zero-order valence-corrected chi connectivity index (χ0v) is 16.3. The minimum Gasteiger partial charge on any atom is -0.342 e. The second kappa shape index (κ2) is 6.82. The van der Waals surface area contributed by atoms with Gasteiger partial charge >= 0.3 is 6.03 Å². The van der Waals surface area contributed by atoms with Crippen molar-refractivity contribution in [3.63, 3.8) is 0 Å². The van der Waals surface area contributed by atoms with Gasteiger partial charge in [0.25, 0.3) is 0 Å². The number of urea groups is 1. The largest absolute Gasteiger partial charge is 0.342 e. The topological polar surface area (TPSA) is 95.6 Å². The number of carbonyl (C=O) groups is 2. The standard InChI is InChI=1S/C19H25N3O4S/c1-2-22-11-14(10-17(22)23)27(25,26)21-19(24)20-18-15-7-3-5-12(15)9-13-6-4-8-16(13)18/h9,14H,2-8,10-11H2,1H3,(H2,20,21,24). The number of hydrogen-bond acceptors (Lipinski definition) is 4. The van der Waals surface area contributed by atoms with Crippen LogP contribution in [0.3, 0.4) is 0 Å². The van der Waals surface area contributed by atoms with E-state index in [1.807, 2.05) is 6.92 Å². The Morgan fingerprint density at radius 3 is 2.33 bits per heavy atom. The number of nitrogens with zero attached hydrogens (tertiary/aromatic N) is 1. The predicted octanol–water partition coefficient (Wildman–Crippen LogP) is 1.74. The van der Waals surface area contributed by atoms with E-state index in [2.05, 4.69) is 16.1 Å². The van der Waals surface area contributed by atoms with Crippen LogP contribution in [0.4, 0.5) is 10.5 Å². The monoisotopic (exact) mass is 391 g/mol. The number of hydrogen-bond donors (Lipinski definition) is 2. The molecule has 0 saturated carbocycles. The molecule has 0 bridgehead atoms. The number of likely N-dealkylation sites (tertiary alicyclic amines) is 1. The number of nitrogens with one attached hydrogen (secondary N) is 2. The lowest BCUT2D eigenvalue weighted by Gasteiger charge is -2.18. The number of aryl methyl sites for hydroxylation is 2. The van der Waals surface area contributed by atoms with E-state index in [-0.39, 0.29) is 18.9 Å². The average molecular weight is 391 g/mol. The third-order valence-electron chi connectivity index (χ3n) is 5.95. The van der Waals surface area contributed by atoms with Gasteiger partial charge in [-0.15, -0.1) is 0 Å². The molecule has 3 amide bonds. The maximum absolute atomic E-state index is 12.6. The molecule has 27 heavy (non-hydrogen) atoms. The number of carbonyl (C=O) groups excluding carboxylic acids is 2. The molecule has 1 unspecified atom stereocenters. The SMILES string of the molecule is CCN1CC(S(=O)(=O)NC(=O)Nc2c3c(cc4c2CCC4)CCC3)CC1=O. The molecule has 2 N–H and O–H groups in total. The number of amides is 3. The van der Waals surface area contributed by atoms with Gasteiger partial charge in [0.05, 0.1) is 0 Å². The lowest BCUT2D eigenvalue weighted by atomic mass is 9.99. The molecule has 1 fully saturated rings. The molecule has 7 nitrogen and oxygen atoms in total. The van der Waals surface area contributed by atoms with Crippen molar-refractivity contribution in [2.24, 2.45) is 0 Å². The molecule has 0 radical (unpaired) electrons. The first-order chi connectivity index (χ1) is 12.9. The molecule has 4 rings (SSSR count). The minimum absolute atomic E-state index is 0.0768. The fourth-order valence-corrected chi connectivity index (χ4v) is 5.78. The highest BCUT2D eigenvalue weighted by Gasteiger charge is 2.38. The van der Waals surface area contributed by atoms with Crippen molar-refractivity contribution in [3.05, 3.63) is 28.3 Å². The molecule has 1 heterocycles. The highest BCUT2D eigenvalue weighted by molar-refractivity contribution is 7.90. The van der Waals surface area contributed by atoms with E-state index in [4.69, 9.17) is 0 Å². The normalized spacial score (nSPS) is 21.3. The molecule has 0 spiro atoms. The second-order valence-electron chi connectivity index (χ2n) is 7.59. The molecule has 8 heteroatoms. The van der Waals surface area contributed by atoms with Gasteiger partial charge in [0.1, 0.15) is 5.25 Å². The summed E-state index contributed by atoms with van der Waals surface area (Å²) in [7, 11) is -3.91. The van der Waals surface area contributed by atoms with E-state index in [1.165, 1.54) is 16.0 Å². The molecule has 1 aliphatic heterocycles. The fourth-order valence-electron chi connectivity index (χ4n) is 4.57. The lowest BCUT2D eigenvalue weighted by molar-refractivity contribution is -0.127. The van der Waals surface area contributed by atoms with Crippen LogP contribution in [0.5, 0.6) is 0 Å². The van der Waals surface area contributed by atoms with Crippen molar-refractivity contribution in [3.8, 4) is 0 Å². The Morgan fingerprint density at radius 2 is 1.78 bits per heavy atom. The van der Waals surface area contributed by atoms with Crippen LogP contribution in [0.25, 0.3) is 0 Å². The van der Waals surface area contributed by atoms with Gasteiger partial charge in [-0.25, -0.2) is 17.9 Å². The molecule has 0 aromatic heterocycles. The van der Waals surface area contributed by atoms with Crippen LogP contribution in [0.15, 0.2) is 6.07 Å². The van der Waals surface area contributed by atoms with Gasteiger partial charge in [-0.05, 0) is 67.7 Å². The smallest absolute Gasteiger partial charge is 0.332 e. The van der Waals surface area contributed by atoms with Crippen LogP contribution in [-0.4, -0.2) is 43.6 Å². The molecule has 146 valence electrons. The van der Waals surface area contributed by atoms with Crippen LogP contribution in [-0.2, 0) is 40.5 Å². The summed E-state index contributed by atoms with van der Waals surface area (Å²) < 4.78 is 27.3. The Labute approximate surface area is 159 Å². The van der Waals surface area contributed by atoms with E-state index in [0.717, 1.165) is 55.3 Å². The Kier molecular flexibility index (Phi) is 4.61. The summed E-state index contributed by atoms with van der Waals surface area (Å²) in [5.74, 6) is -0.188. The molecule has 1 aromatic rings. The van der Waals surface area contributed by atoms with Gasteiger partial charge in [0.2, 0.25) is 15.9 Å². The summed E-state index contributed by atoms with van der Waals surface area (Å²) in [5, 5.41) is 1.94. The molecular weight excluding hydrogens is 366 g/mol. The summed E-state index contributed by atoms with van der Waals surface area (Å²) in [5.41, 5.74) is 5.65. The first-order valence-corrected chi connectivity index (χ1v) is 11.2. The minimum atomic E-state index is -3.91. The Morgan fingerprint density at radius 1 is 1.15 bits per heavy atom. The predicted molar refractivity (Wildman–Crippen MR) is 102 cm³/mol. The average Bonchev–Trinajstić information content (AvgIpc) is 3.32. The van der Waals surface area contributed by atoms with Crippen molar-refractivity contribution in [2.75, 3.05) is 18.4 Å². The highest BCUT2D eigenvalue weighted by Crippen LogP contribution is 2.38. The second-order valence-corrected chi connectivity index (χ2v) is 9.55. The van der Waals surface area contributed by atoms with E-state index in [0.29, 0.717) is 6.54 Å². The summed E-state index contributed by atoms with van der Waals surface area (Å²) in [4.78, 5) is 25.8. The molecule has 1 saturated heterocycles. The van der Waals surface area contributed by atoms with Crippen LogP contribution < -0.4 is 10.0 Å². The Balaban J connectivity index is 1.52. The van der Waals surface area contributed by atoms with Crippen molar-refractivity contribution in [1.82, 2.24) is 9.62 Å². The summed E-state index contributed by atoms with van der Waals surface area (Å²) >= 11 is 0. The number of sulfonamides is 1. The first-order valence-electron chi connectivity index (χ1n) is 9.66. The van der Waals surface area contributed by atoms with Crippen LogP contribution in [0.1, 0.15) is 48.4 Å². The number of rotatable bonds is 4. The molecular formula is C19H25N3O4S. The van der Waals surface area contributed by atoms with E-state index >= 15 is 0 Å². The molecule has 1 aromatic carbocycles. The number of benzene rings is 1. The van der Waals surface area contributed by atoms with Gasteiger partial charge in [-0.2, -0.15) is 0 Å². The van der Waals surface area contributed by atoms with Gasteiger partial charge in [0, 0.05) is 25.2 Å². The number of anilines is 1. The van der Waals surface area contributed by atoms with Crippen molar-refractivity contribution in [1.29, 1.82) is 0 Å². The third-order valence-corrected chi connectivity index (χ3v) is 7.61. The fraction of sp³-hybridized carbons (Fsp3) is 0.579. The summed E-state index contributed by atoms with van der Waals surface area (Å²) in [6.45, 7) is 2.41. The van der Waals surface area contributed by atoms with Crippen molar-refractivity contribution in [2.45, 2.75) is 57.1 Å². The van der Waals surface area contributed by atoms with Crippen LogP contribution >= 0.6 is 0 Å². The zero-order valence-electron chi connectivity index (χ0n) is 15.5. The molecule has 3 aliphatic rings. The van der Waals surface area contributed by atoms with Gasteiger partial charge in [-0.1, -0.05) is 6.07 Å². The van der Waals surface area contributed by atoms with Gasteiger partial charge in [0.15, 0.2) is 0 Å². The summed E-state index contributed by atoms with van der Waals surface area (Å²) in [6, 6.07) is 1.53.